The van der Waals surface area contributed by atoms with Crippen molar-refractivity contribution in [2.45, 2.75) is 31.2 Å². The van der Waals surface area contributed by atoms with E-state index in [9.17, 15) is 0 Å². The first-order valence-corrected chi connectivity index (χ1v) is 7.48. The summed E-state index contributed by atoms with van der Waals surface area (Å²) in [6.07, 6.45) is 2.70. The normalized spacial score (nSPS) is 22.3. The lowest BCUT2D eigenvalue weighted by Gasteiger charge is -2.28. The van der Waals surface area contributed by atoms with Crippen molar-refractivity contribution in [2.75, 3.05) is 20.3 Å². The minimum atomic E-state index is 0.154. The molecule has 5 nitrogen and oxygen atoms in total. The lowest BCUT2D eigenvalue weighted by molar-refractivity contribution is 0.0516. The van der Waals surface area contributed by atoms with Crippen molar-refractivity contribution in [3.05, 3.63) is 47.6 Å². The summed E-state index contributed by atoms with van der Waals surface area (Å²) in [5.41, 5.74) is 1.29. The molecule has 0 aliphatic carbocycles. The number of likely N-dealkylation sites (N-methyl/N-ethyl adjacent to an activating group) is 1. The molecular formula is C16H21N3O2. The molecular weight excluding hydrogens is 266 g/mol. The molecule has 0 saturated carbocycles. The monoisotopic (exact) mass is 287 g/mol. The summed E-state index contributed by atoms with van der Waals surface area (Å²) in [5, 5.41) is 7.42. The van der Waals surface area contributed by atoms with Crippen LogP contribution in [0.15, 0.2) is 34.9 Å². The zero-order valence-corrected chi connectivity index (χ0v) is 12.3. The van der Waals surface area contributed by atoms with Gasteiger partial charge >= 0.3 is 0 Å². The highest BCUT2D eigenvalue weighted by atomic mass is 16.5. The topological polar surface area (TPSA) is 60.2 Å². The van der Waals surface area contributed by atoms with Gasteiger partial charge in [-0.15, -0.1) is 0 Å². The molecule has 0 spiro atoms. The molecule has 112 valence electrons. The molecule has 2 aromatic rings. The van der Waals surface area contributed by atoms with Gasteiger partial charge in [0.15, 0.2) is 5.82 Å². The van der Waals surface area contributed by atoms with Crippen molar-refractivity contribution in [2.24, 2.45) is 0 Å². The minimum absolute atomic E-state index is 0.154. The van der Waals surface area contributed by atoms with Gasteiger partial charge in [-0.05, 0) is 25.5 Å². The molecule has 3 rings (SSSR count). The van der Waals surface area contributed by atoms with E-state index in [-0.39, 0.29) is 5.92 Å². The van der Waals surface area contributed by atoms with E-state index in [0.29, 0.717) is 18.5 Å². The molecule has 0 bridgehead atoms. The van der Waals surface area contributed by atoms with E-state index in [1.165, 1.54) is 5.56 Å². The van der Waals surface area contributed by atoms with Gasteiger partial charge in [0, 0.05) is 19.1 Å². The Labute approximate surface area is 124 Å². The third-order valence-electron chi connectivity index (χ3n) is 4.01. The van der Waals surface area contributed by atoms with Gasteiger partial charge in [0.05, 0.1) is 12.5 Å². The fourth-order valence-corrected chi connectivity index (χ4v) is 2.75. The van der Waals surface area contributed by atoms with Crippen LogP contribution in [0, 0.1) is 0 Å². The van der Waals surface area contributed by atoms with E-state index in [0.717, 1.165) is 31.7 Å². The average molecular weight is 287 g/mol. The molecule has 1 aliphatic rings. The van der Waals surface area contributed by atoms with Crippen molar-refractivity contribution in [3.63, 3.8) is 0 Å². The highest BCUT2D eigenvalue weighted by Crippen LogP contribution is 2.24. The maximum atomic E-state index is 5.54. The zero-order chi connectivity index (χ0) is 14.5. The number of nitrogens with zero attached hydrogens (tertiary/aromatic N) is 2. The van der Waals surface area contributed by atoms with E-state index in [4.69, 9.17) is 9.26 Å². The molecule has 1 fully saturated rings. The van der Waals surface area contributed by atoms with Gasteiger partial charge in [-0.2, -0.15) is 4.98 Å². The number of benzene rings is 1. The maximum absolute atomic E-state index is 5.54. The van der Waals surface area contributed by atoms with Gasteiger partial charge in [-0.1, -0.05) is 35.5 Å². The maximum Gasteiger partial charge on any atom is 0.233 e. The van der Waals surface area contributed by atoms with Gasteiger partial charge in [0.2, 0.25) is 5.89 Å². The van der Waals surface area contributed by atoms with Crippen LogP contribution >= 0.6 is 0 Å². The van der Waals surface area contributed by atoms with E-state index in [1.54, 1.807) is 0 Å². The largest absolute Gasteiger partial charge is 0.381 e. The number of hydrogen-bond donors (Lipinski definition) is 1. The Morgan fingerprint density at radius 1 is 1.24 bits per heavy atom. The summed E-state index contributed by atoms with van der Waals surface area (Å²) in [6, 6.07) is 10.7. The Morgan fingerprint density at radius 2 is 2.10 bits per heavy atom. The summed E-state index contributed by atoms with van der Waals surface area (Å²) < 4.78 is 11.0. The SMILES string of the molecule is CNC1CCOCC1c1nc(CCc2ccccc2)no1. The van der Waals surface area contributed by atoms with Crippen LogP contribution in [-0.4, -0.2) is 36.4 Å². The lowest BCUT2D eigenvalue weighted by atomic mass is 9.96. The first kappa shape index (κ1) is 14.2. The van der Waals surface area contributed by atoms with E-state index < -0.39 is 0 Å². The first-order valence-electron chi connectivity index (χ1n) is 7.48. The summed E-state index contributed by atoms with van der Waals surface area (Å²) in [5.74, 6) is 1.62. The third-order valence-corrected chi connectivity index (χ3v) is 4.01. The lowest BCUT2D eigenvalue weighted by Crippen LogP contribution is -2.39. The standard InChI is InChI=1S/C16H21N3O2/c1-17-14-9-10-20-11-13(14)16-18-15(19-21-16)8-7-12-5-3-2-4-6-12/h2-6,13-14,17H,7-11H2,1H3. The summed E-state index contributed by atoms with van der Waals surface area (Å²) in [7, 11) is 1.97. The number of aromatic nitrogens is 2. The van der Waals surface area contributed by atoms with Gasteiger partial charge < -0.3 is 14.6 Å². The molecule has 1 aliphatic heterocycles. The number of hydrogen-bond acceptors (Lipinski definition) is 5. The van der Waals surface area contributed by atoms with Crippen molar-refractivity contribution in [1.82, 2.24) is 15.5 Å². The summed E-state index contributed by atoms with van der Waals surface area (Å²) in [4.78, 5) is 4.55. The molecule has 2 atom stereocenters. The molecule has 21 heavy (non-hydrogen) atoms. The molecule has 2 unspecified atom stereocenters. The number of aryl methyl sites for hydroxylation is 2. The molecule has 1 aromatic carbocycles. The van der Waals surface area contributed by atoms with Crippen LogP contribution in [0.1, 0.15) is 29.6 Å². The molecule has 0 amide bonds. The number of ether oxygens (including phenoxy) is 1. The fraction of sp³-hybridized carbons (Fsp3) is 0.500. The van der Waals surface area contributed by atoms with Crippen molar-refractivity contribution < 1.29 is 9.26 Å². The second kappa shape index (κ2) is 6.83. The predicted octanol–water partition coefficient (Wildman–Crippen LogP) is 1.95. The van der Waals surface area contributed by atoms with Crippen LogP contribution in [0.5, 0.6) is 0 Å². The van der Waals surface area contributed by atoms with Gasteiger partial charge in [0.25, 0.3) is 0 Å². The van der Waals surface area contributed by atoms with Crippen LogP contribution in [0.2, 0.25) is 0 Å². The van der Waals surface area contributed by atoms with Gasteiger partial charge in [-0.3, -0.25) is 0 Å². The fourth-order valence-electron chi connectivity index (χ4n) is 2.75. The van der Waals surface area contributed by atoms with Gasteiger partial charge in [0.1, 0.15) is 0 Å². The Balaban J connectivity index is 1.63. The molecule has 5 heteroatoms. The average Bonchev–Trinajstić information content (AvgIpc) is 3.02. The Morgan fingerprint density at radius 3 is 2.90 bits per heavy atom. The molecule has 1 N–H and O–H groups in total. The molecule has 1 saturated heterocycles. The van der Waals surface area contributed by atoms with Crippen molar-refractivity contribution in [3.8, 4) is 0 Å². The zero-order valence-electron chi connectivity index (χ0n) is 12.3. The highest BCUT2D eigenvalue weighted by Gasteiger charge is 2.30. The smallest absolute Gasteiger partial charge is 0.233 e. The second-order valence-electron chi connectivity index (χ2n) is 5.40. The Bertz CT molecular complexity index is 556. The Hall–Kier alpha value is -1.72. The number of nitrogens with one attached hydrogen (secondary N) is 1. The van der Waals surface area contributed by atoms with Gasteiger partial charge in [-0.25, -0.2) is 0 Å². The van der Waals surface area contributed by atoms with E-state index in [2.05, 4.69) is 27.6 Å². The van der Waals surface area contributed by atoms with Crippen molar-refractivity contribution in [1.29, 1.82) is 0 Å². The van der Waals surface area contributed by atoms with Crippen LogP contribution in [0.3, 0.4) is 0 Å². The minimum Gasteiger partial charge on any atom is -0.381 e. The van der Waals surface area contributed by atoms with Crippen LogP contribution < -0.4 is 5.32 Å². The van der Waals surface area contributed by atoms with E-state index >= 15 is 0 Å². The molecule has 0 radical (unpaired) electrons. The molecule has 2 heterocycles. The van der Waals surface area contributed by atoms with Crippen LogP contribution in [0.4, 0.5) is 0 Å². The van der Waals surface area contributed by atoms with E-state index in [1.807, 2.05) is 25.2 Å². The quantitative estimate of drug-likeness (QED) is 0.910. The number of rotatable bonds is 5. The highest BCUT2D eigenvalue weighted by molar-refractivity contribution is 5.15. The predicted molar refractivity (Wildman–Crippen MR) is 79.2 cm³/mol. The van der Waals surface area contributed by atoms with Crippen LogP contribution in [0.25, 0.3) is 0 Å². The Kier molecular flexibility index (Phi) is 4.62. The molecule has 1 aromatic heterocycles. The van der Waals surface area contributed by atoms with Crippen LogP contribution in [-0.2, 0) is 17.6 Å². The third kappa shape index (κ3) is 3.49. The summed E-state index contributed by atoms with van der Waals surface area (Å²) in [6.45, 7) is 1.43. The van der Waals surface area contributed by atoms with Crippen molar-refractivity contribution >= 4 is 0 Å². The first-order chi connectivity index (χ1) is 10.4. The summed E-state index contributed by atoms with van der Waals surface area (Å²) >= 11 is 0. The second-order valence-corrected chi connectivity index (χ2v) is 5.40.